The Morgan fingerprint density at radius 2 is 1.88 bits per heavy atom. The van der Waals surface area contributed by atoms with Crippen LogP contribution in [-0.4, -0.2) is 56.1 Å². The molecule has 0 unspecified atom stereocenters. The first-order valence-electron chi connectivity index (χ1n) is 12.2. The number of anilines is 2. The number of pyridine rings is 1. The molecule has 0 aliphatic heterocycles. The zero-order valence-corrected chi connectivity index (χ0v) is 21.1. The third-order valence-electron chi connectivity index (χ3n) is 6.99. The van der Waals surface area contributed by atoms with E-state index in [2.05, 4.69) is 27.9 Å². The summed E-state index contributed by atoms with van der Waals surface area (Å²) in [5.74, 6) is 0.503. The molecule has 3 N–H and O–H groups in total. The number of hydrogen-bond donors (Lipinski definition) is 3. The molecule has 1 heterocycles. The van der Waals surface area contributed by atoms with E-state index in [1.54, 1.807) is 26.5 Å². The highest BCUT2D eigenvalue weighted by Crippen LogP contribution is 2.39. The SMILES string of the molecule is COC[C@@H](C)NC1CCC(Nc2cc(-c3ccc(F)c(NCC4(OC)CC4)c3)c(Cl)cn2)CC1. The lowest BCUT2D eigenvalue weighted by Gasteiger charge is -2.32. The molecular weight excluding hydrogens is 455 g/mol. The van der Waals surface area contributed by atoms with Gasteiger partial charge in [0.05, 0.1) is 22.9 Å². The van der Waals surface area contributed by atoms with Crippen molar-refractivity contribution in [1.29, 1.82) is 0 Å². The molecule has 186 valence electrons. The van der Waals surface area contributed by atoms with Gasteiger partial charge < -0.3 is 25.4 Å². The molecule has 6 nitrogen and oxygen atoms in total. The topological polar surface area (TPSA) is 67.4 Å². The Morgan fingerprint density at radius 1 is 1.15 bits per heavy atom. The van der Waals surface area contributed by atoms with E-state index >= 15 is 0 Å². The van der Waals surface area contributed by atoms with E-state index in [0.29, 0.717) is 35.4 Å². The lowest BCUT2D eigenvalue weighted by molar-refractivity contribution is 0.0914. The molecule has 0 saturated heterocycles. The van der Waals surface area contributed by atoms with Crippen LogP contribution in [0.4, 0.5) is 15.9 Å². The van der Waals surface area contributed by atoms with E-state index in [1.807, 2.05) is 12.1 Å². The number of methoxy groups -OCH3 is 2. The highest BCUT2D eigenvalue weighted by Gasteiger charge is 2.42. The molecule has 0 radical (unpaired) electrons. The van der Waals surface area contributed by atoms with Gasteiger partial charge >= 0.3 is 0 Å². The number of aromatic nitrogens is 1. The number of nitrogens with one attached hydrogen (secondary N) is 3. The van der Waals surface area contributed by atoms with Gasteiger partial charge in [-0.15, -0.1) is 0 Å². The zero-order valence-electron chi connectivity index (χ0n) is 20.3. The third kappa shape index (κ3) is 6.39. The summed E-state index contributed by atoms with van der Waals surface area (Å²) in [6, 6.07) is 8.26. The van der Waals surface area contributed by atoms with Crippen LogP contribution in [0.15, 0.2) is 30.5 Å². The molecule has 8 heteroatoms. The summed E-state index contributed by atoms with van der Waals surface area (Å²) in [6.45, 7) is 3.47. The van der Waals surface area contributed by atoms with Crippen LogP contribution in [0.1, 0.15) is 45.4 Å². The van der Waals surface area contributed by atoms with Crippen LogP contribution in [0.3, 0.4) is 0 Å². The fraction of sp³-hybridized carbons (Fsp3) is 0.577. The minimum absolute atomic E-state index is 0.163. The smallest absolute Gasteiger partial charge is 0.146 e. The van der Waals surface area contributed by atoms with Crippen molar-refractivity contribution in [2.24, 2.45) is 0 Å². The van der Waals surface area contributed by atoms with Crippen LogP contribution in [0, 0.1) is 5.82 Å². The summed E-state index contributed by atoms with van der Waals surface area (Å²) in [5, 5.41) is 11.0. The lowest BCUT2D eigenvalue weighted by Crippen LogP contribution is -2.42. The second-order valence-electron chi connectivity index (χ2n) is 9.70. The van der Waals surface area contributed by atoms with Crippen molar-refractivity contribution in [1.82, 2.24) is 10.3 Å². The molecule has 0 amide bonds. The summed E-state index contributed by atoms with van der Waals surface area (Å²) < 4.78 is 25.2. The molecule has 0 bridgehead atoms. The quantitative estimate of drug-likeness (QED) is 0.387. The van der Waals surface area contributed by atoms with E-state index in [4.69, 9.17) is 21.1 Å². The molecule has 0 spiro atoms. The maximum absolute atomic E-state index is 14.5. The minimum Gasteiger partial charge on any atom is -0.383 e. The van der Waals surface area contributed by atoms with E-state index < -0.39 is 0 Å². The average molecular weight is 491 g/mol. The molecule has 2 aromatic rings. The van der Waals surface area contributed by atoms with Gasteiger partial charge in [0.15, 0.2) is 0 Å². The van der Waals surface area contributed by atoms with Gasteiger partial charge in [0, 0.05) is 50.7 Å². The van der Waals surface area contributed by atoms with Crippen LogP contribution >= 0.6 is 11.6 Å². The van der Waals surface area contributed by atoms with Gasteiger partial charge in [-0.3, -0.25) is 0 Å². The standard InChI is InChI=1S/C26H36ClFN4O2/c1-17(15-33-2)31-19-5-7-20(8-6-19)32-25-13-21(22(27)14-29-25)18-4-9-23(28)24(12-18)30-16-26(34-3)10-11-26/h4,9,12-14,17,19-20,30-31H,5-8,10-11,15-16H2,1-3H3,(H,29,32)/t17-,19?,20?/m1/s1. The van der Waals surface area contributed by atoms with Crippen LogP contribution in [0.5, 0.6) is 0 Å². The summed E-state index contributed by atoms with van der Waals surface area (Å²) in [7, 11) is 3.44. The molecule has 2 saturated carbocycles. The molecule has 2 aliphatic carbocycles. The van der Waals surface area contributed by atoms with Crippen molar-refractivity contribution in [2.45, 2.75) is 69.2 Å². The van der Waals surface area contributed by atoms with Crippen molar-refractivity contribution < 1.29 is 13.9 Å². The Bertz CT molecular complexity index is 964. The summed E-state index contributed by atoms with van der Waals surface area (Å²) in [5.41, 5.74) is 1.97. The highest BCUT2D eigenvalue weighted by molar-refractivity contribution is 6.33. The monoisotopic (exact) mass is 490 g/mol. The third-order valence-corrected chi connectivity index (χ3v) is 7.29. The van der Waals surface area contributed by atoms with Gasteiger partial charge in [0.2, 0.25) is 0 Å². The Morgan fingerprint density at radius 3 is 2.56 bits per heavy atom. The van der Waals surface area contributed by atoms with E-state index in [-0.39, 0.29) is 11.4 Å². The van der Waals surface area contributed by atoms with Crippen molar-refractivity contribution >= 4 is 23.1 Å². The lowest BCUT2D eigenvalue weighted by atomic mass is 9.90. The highest BCUT2D eigenvalue weighted by atomic mass is 35.5. The molecular formula is C26H36ClFN4O2. The molecule has 1 aromatic heterocycles. The Kier molecular flexibility index (Phi) is 8.30. The predicted octanol–water partition coefficient (Wildman–Crippen LogP) is 5.48. The fourth-order valence-corrected chi connectivity index (χ4v) is 4.94. The van der Waals surface area contributed by atoms with Crippen LogP contribution in [0.25, 0.3) is 11.1 Å². The van der Waals surface area contributed by atoms with Gasteiger partial charge in [-0.1, -0.05) is 17.7 Å². The predicted molar refractivity (Wildman–Crippen MR) is 136 cm³/mol. The molecule has 2 fully saturated rings. The molecule has 4 rings (SSSR count). The normalized spacial score (nSPS) is 22.3. The Labute approximate surface area is 207 Å². The molecule has 1 atom stereocenters. The average Bonchev–Trinajstić information content (AvgIpc) is 3.62. The maximum atomic E-state index is 14.5. The number of nitrogens with zero attached hydrogens (tertiary/aromatic N) is 1. The van der Waals surface area contributed by atoms with Crippen molar-refractivity contribution in [3.05, 3.63) is 41.3 Å². The Hall–Kier alpha value is -1.93. The fourth-order valence-electron chi connectivity index (χ4n) is 4.73. The zero-order chi connectivity index (χ0) is 24.1. The van der Waals surface area contributed by atoms with Crippen LogP contribution in [0.2, 0.25) is 5.02 Å². The largest absolute Gasteiger partial charge is 0.383 e. The first-order chi connectivity index (χ1) is 16.4. The van der Waals surface area contributed by atoms with Crippen molar-refractivity contribution in [3.63, 3.8) is 0 Å². The van der Waals surface area contributed by atoms with Gasteiger partial charge in [0.25, 0.3) is 0 Å². The van der Waals surface area contributed by atoms with Crippen LogP contribution in [-0.2, 0) is 9.47 Å². The van der Waals surface area contributed by atoms with Gasteiger partial charge in [-0.2, -0.15) is 0 Å². The van der Waals surface area contributed by atoms with Gasteiger partial charge in [-0.05, 0) is 69.2 Å². The first kappa shape index (κ1) is 25.2. The second kappa shape index (κ2) is 11.2. The first-order valence-corrected chi connectivity index (χ1v) is 12.5. The number of benzene rings is 1. The summed E-state index contributed by atoms with van der Waals surface area (Å²) in [6.07, 6.45) is 8.02. The maximum Gasteiger partial charge on any atom is 0.146 e. The molecule has 1 aromatic carbocycles. The van der Waals surface area contributed by atoms with Gasteiger partial charge in [0.1, 0.15) is 11.6 Å². The number of halogens is 2. The molecule has 34 heavy (non-hydrogen) atoms. The van der Waals surface area contributed by atoms with Crippen molar-refractivity contribution in [2.75, 3.05) is 38.0 Å². The number of hydrogen-bond acceptors (Lipinski definition) is 6. The van der Waals surface area contributed by atoms with Crippen LogP contribution < -0.4 is 16.0 Å². The van der Waals surface area contributed by atoms with Crippen molar-refractivity contribution in [3.8, 4) is 11.1 Å². The van der Waals surface area contributed by atoms with E-state index in [1.165, 1.54) is 6.07 Å². The minimum atomic E-state index is -0.288. The Balaban J connectivity index is 1.39. The number of rotatable bonds is 11. The summed E-state index contributed by atoms with van der Waals surface area (Å²) in [4.78, 5) is 4.50. The second-order valence-corrected chi connectivity index (χ2v) is 10.1. The van der Waals surface area contributed by atoms with E-state index in [0.717, 1.165) is 62.1 Å². The molecule has 2 aliphatic rings. The van der Waals surface area contributed by atoms with E-state index in [9.17, 15) is 4.39 Å². The number of ether oxygens (including phenoxy) is 2. The van der Waals surface area contributed by atoms with Gasteiger partial charge in [-0.25, -0.2) is 9.37 Å². The summed E-state index contributed by atoms with van der Waals surface area (Å²) >= 11 is 6.50.